The van der Waals surface area contributed by atoms with E-state index in [4.69, 9.17) is 9.47 Å². The predicted octanol–water partition coefficient (Wildman–Crippen LogP) is 1.85. The van der Waals surface area contributed by atoms with Gasteiger partial charge in [0.25, 0.3) is 0 Å². The van der Waals surface area contributed by atoms with Crippen molar-refractivity contribution in [2.75, 3.05) is 20.8 Å². The van der Waals surface area contributed by atoms with Crippen molar-refractivity contribution in [2.24, 2.45) is 0 Å². The monoisotopic (exact) mass is 292 g/mol. The molecule has 1 aliphatic heterocycles. The van der Waals surface area contributed by atoms with E-state index in [-0.39, 0.29) is 5.91 Å². The second kappa shape index (κ2) is 7.88. The summed E-state index contributed by atoms with van der Waals surface area (Å²) in [6.45, 7) is 1.49. The van der Waals surface area contributed by atoms with Crippen LogP contribution in [0.3, 0.4) is 0 Å². The third kappa shape index (κ3) is 4.63. The summed E-state index contributed by atoms with van der Waals surface area (Å²) in [5, 5.41) is 6.34. The standard InChI is InChI=1S/C16H24N2O3/c1-20-14-7-6-12(15(10-14)21-2)11-18-16(19)9-13-5-3-4-8-17-13/h6-7,10,13,17H,3-5,8-9,11H2,1-2H3,(H,18,19). The van der Waals surface area contributed by atoms with Crippen LogP contribution in [0, 0.1) is 0 Å². The summed E-state index contributed by atoms with van der Waals surface area (Å²) in [4.78, 5) is 12.0. The first-order valence-electron chi connectivity index (χ1n) is 7.44. The van der Waals surface area contributed by atoms with Gasteiger partial charge in [-0.3, -0.25) is 4.79 Å². The molecule has 1 amide bonds. The van der Waals surface area contributed by atoms with Crippen LogP contribution in [0.2, 0.25) is 0 Å². The first-order chi connectivity index (χ1) is 10.2. The molecule has 2 N–H and O–H groups in total. The van der Waals surface area contributed by atoms with Gasteiger partial charge in [0.1, 0.15) is 11.5 Å². The molecule has 0 saturated carbocycles. The molecule has 5 heteroatoms. The number of hydrogen-bond acceptors (Lipinski definition) is 4. The molecule has 1 unspecified atom stereocenters. The van der Waals surface area contributed by atoms with Crippen molar-refractivity contribution in [2.45, 2.75) is 38.3 Å². The third-order valence-corrected chi connectivity index (χ3v) is 3.81. The molecule has 1 aromatic rings. The van der Waals surface area contributed by atoms with Crippen LogP contribution in [0.15, 0.2) is 18.2 Å². The Kier molecular flexibility index (Phi) is 5.87. The number of methoxy groups -OCH3 is 2. The molecule has 1 saturated heterocycles. The molecule has 1 atom stereocenters. The fraction of sp³-hybridized carbons (Fsp3) is 0.562. The smallest absolute Gasteiger partial charge is 0.221 e. The van der Waals surface area contributed by atoms with Crippen molar-refractivity contribution >= 4 is 5.91 Å². The number of ether oxygens (including phenoxy) is 2. The quantitative estimate of drug-likeness (QED) is 0.840. The highest BCUT2D eigenvalue weighted by atomic mass is 16.5. The molecule has 1 heterocycles. The molecule has 0 bridgehead atoms. The second-order valence-electron chi connectivity index (χ2n) is 5.31. The lowest BCUT2D eigenvalue weighted by atomic mass is 10.0. The Bertz CT molecular complexity index is 471. The third-order valence-electron chi connectivity index (χ3n) is 3.81. The van der Waals surface area contributed by atoms with E-state index in [2.05, 4.69) is 10.6 Å². The summed E-state index contributed by atoms with van der Waals surface area (Å²) in [6, 6.07) is 5.92. The topological polar surface area (TPSA) is 59.6 Å². The van der Waals surface area contributed by atoms with Crippen molar-refractivity contribution in [3.63, 3.8) is 0 Å². The van der Waals surface area contributed by atoms with Crippen molar-refractivity contribution < 1.29 is 14.3 Å². The maximum Gasteiger partial charge on any atom is 0.221 e. The maximum absolute atomic E-state index is 12.0. The highest BCUT2D eigenvalue weighted by molar-refractivity contribution is 5.76. The summed E-state index contributed by atoms with van der Waals surface area (Å²) in [5.41, 5.74) is 0.947. The van der Waals surface area contributed by atoms with Gasteiger partial charge in [-0.1, -0.05) is 6.42 Å². The largest absolute Gasteiger partial charge is 0.497 e. The van der Waals surface area contributed by atoms with Gasteiger partial charge in [0.15, 0.2) is 0 Å². The van der Waals surface area contributed by atoms with E-state index in [1.54, 1.807) is 14.2 Å². The first-order valence-corrected chi connectivity index (χ1v) is 7.44. The predicted molar refractivity (Wildman–Crippen MR) is 81.7 cm³/mol. The molecule has 1 aromatic carbocycles. The second-order valence-corrected chi connectivity index (χ2v) is 5.31. The van der Waals surface area contributed by atoms with Crippen molar-refractivity contribution in [1.29, 1.82) is 0 Å². The number of carbonyl (C=O) groups excluding carboxylic acids is 1. The number of amides is 1. The Morgan fingerprint density at radius 3 is 2.86 bits per heavy atom. The van der Waals surface area contributed by atoms with Crippen LogP contribution in [0.25, 0.3) is 0 Å². The summed E-state index contributed by atoms with van der Waals surface area (Å²) < 4.78 is 10.5. The first kappa shape index (κ1) is 15.6. The highest BCUT2D eigenvalue weighted by Gasteiger charge is 2.16. The number of nitrogens with one attached hydrogen (secondary N) is 2. The van der Waals surface area contributed by atoms with Crippen LogP contribution >= 0.6 is 0 Å². The van der Waals surface area contributed by atoms with Crippen molar-refractivity contribution in [3.05, 3.63) is 23.8 Å². The number of piperidine rings is 1. The normalized spacial score (nSPS) is 18.1. The zero-order chi connectivity index (χ0) is 15.1. The average Bonchev–Trinajstić information content (AvgIpc) is 2.53. The summed E-state index contributed by atoms with van der Waals surface area (Å²) in [7, 11) is 3.24. The van der Waals surface area contributed by atoms with E-state index in [9.17, 15) is 4.79 Å². The van der Waals surface area contributed by atoms with Crippen molar-refractivity contribution in [3.8, 4) is 11.5 Å². The number of benzene rings is 1. The van der Waals surface area contributed by atoms with E-state index in [0.29, 0.717) is 19.0 Å². The van der Waals surface area contributed by atoms with Gasteiger partial charge in [0.2, 0.25) is 5.91 Å². The van der Waals surface area contributed by atoms with Crippen LogP contribution in [0.5, 0.6) is 11.5 Å². The summed E-state index contributed by atoms with van der Waals surface area (Å²) in [5.74, 6) is 1.55. The lowest BCUT2D eigenvalue weighted by molar-refractivity contribution is -0.121. The zero-order valence-electron chi connectivity index (χ0n) is 12.8. The summed E-state index contributed by atoms with van der Waals surface area (Å²) >= 11 is 0. The molecule has 0 spiro atoms. The minimum absolute atomic E-state index is 0.0762. The lowest BCUT2D eigenvalue weighted by Gasteiger charge is -2.22. The van der Waals surface area contributed by atoms with Gasteiger partial charge in [-0.2, -0.15) is 0 Å². The number of rotatable bonds is 6. The molecule has 21 heavy (non-hydrogen) atoms. The highest BCUT2D eigenvalue weighted by Crippen LogP contribution is 2.24. The van der Waals surface area contributed by atoms with Crippen LogP contribution in [-0.2, 0) is 11.3 Å². The Labute approximate surface area is 126 Å². The molecule has 0 aromatic heterocycles. The zero-order valence-corrected chi connectivity index (χ0v) is 12.8. The molecule has 1 fully saturated rings. The molecule has 116 valence electrons. The van der Waals surface area contributed by atoms with Crippen LogP contribution in [0.1, 0.15) is 31.2 Å². The molecule has 0 radical (unpaired) electrons. The minimum Gasteiger partial charge on any atom is -0.497 e. The Balaban J connectivity index is 1.85. The fourth-order valence-corrected chi connectivity index (χ4v) is 2.59. The van der Waals surface area contributed by atoms with Gasteiger partial charge in [-0.15, -0.1) is 0 Å². The summed E-state index contributed by atoms with van der Waals surface area (Å²) in [6.07, 6.45) is 4.04. The van der Waals surface area contributed by atoms with Gasteiger partial charge >= 0.3 is 0 Å². The minimum atomic E-state index is 0.0762. The molecule has 5 nitrogen and oxygen atoms in total. The molecule has 1 aliphatic rings. The SMILES string of the molecule is COc1ccc(CNC(=O)CC2CCCCN2)c(OC)c1. The average molecular weight is 292 g/mol. The van der Waals surface area contributed by atoms with E-state index < -0.39 is 0 Å². The Morgan fingerprint density at radius 2 is 2.19 bits per heavy atom. The van der Waals surface area contributed by atoms with E-state index in [1.807, 2.05) is 18.2 Å². The Morgan fingerprint density at radius 1 is 1.33 bits per heavy atom. The van der Waals surface area contributed by atoms with Crippen molar-refractivity contribution in [1.82, 2.24) is 10.6 Å². The maximum atomic E-state index is 12.0. The molecular formula is C16H24N2O3. The Hall–Kier alpha value is -1.75. The fourth-order valence-electron chi connectivity index (χ4n) is 2.59. The number of carbonyl (C=O) groups is 1. The van der Waals surface area contributed by atoms with Crippen LogP contribution < -0.4 is 20.1 Å². The lowest BCUT2D eigenvalue weighted by Crippen LogP contribution is -2.38. The van der Waals surface area contributed by atoms with Crippen LogP contribution in [-0.4, -0.2) is 32.7 Å². The molecular weight excluding hydrogens is 268 g/mol. The molecule has 0 aliphatic carbocycles. The molecule has 2 rings (SSSR count). The van der Waals surface area contributed by atoms with Gasteiger partial charge in [0.05, 0.1) is 14.2 Å². The van der Waals surface area contributed by atoms with Gasteiger partial charge < -0.3 is 20.1 Å². The van der Waals surface area contributed by atoms with Gasteiger partial charge in [0, 0.05) is 30.6 Å². The van der Waals surface area contributed by atoms with E-state index in [0.717, 1.165) is 30.0 Å². The van der Waals surface area contributed by atoms with E-state index in [1.165, 1.54) is 12.8 Å². The van der Waals surface area contributed by atoms with Crippen LogP contribution in [0.4, 0.5) is 0 Å². The van der Waals surface area contributed by atoms with Gasteiger partial charge in [-0.25, -0.2) is 0 Å². The van der Waals surface area contributed by atoms with E-state index >= 15 is 0 Å². The number of hydrogen-bond donors (Lipinski definition) is 2. The van der Waals surface area contributed by atoms with Gasteiger partial charge in [-0.05, 0) is 31.5 Å².